The largest absolute Gasteiger partial charge is 0.497 e. The second-order valence-corrected chi connectivity index (χ2v) is 9.74. The van der Waals surface area contributed by atoms with Gasteiger partial charge in [0.05, 0.1) is 39.2 Å². The Morgan fingerprint density at radius 3 is 2.42 bits per heavy atom. The number of morpholine rings is 1. The number of ether oxygens (including phenoxy) is 4. The van der Waals surface area contributed by atoms with Crippen LogP contribution in [0.2, 0.25) is 0 Å². The normalized spacial score (nSPS) is 13.7. The van der Waals surface area contributed by atoms with E-state index < -0.39 is 0 Å². The van der Waals surface area contributed by atoms with Gasteiger partial charge in [-0.2, -0.15) is 5.10 Å². The van der Waals surface area contributed by atoms with Gasteiger partial charge in [-0.25, -0.2) is 4.68 Å². The maximum absolute atomic E-state index is 6.07. The SMILES string of the molecule is COc1cccc(CN(Cc2ccc(-n3cccn3)cc2)c2cccc(OCCOCCN3CCOCC3)c2)c1. The Bertz CT molecular complexity index is 1290. The van der Waals surface area contributed by atoms with Gasteiger partial charge in [-0.1, -0.05) is 30.3 Å². The minimum atomic E-state index is 0.511. The van der Waals surface area contributed by atoms with E-state index in [0.29, 0.717) is 19.8 Å². The quantitative estimate of drug-likeness (QED) is 0.212. The molecule has 0 amide bonds. The monoisotopic (exact) mass is 542 g/mol. The van der Waals surface area contributed by atoms with Crippen LogP contribution in [-0.4, -0.2) is 74.5 Å². The summed E-state index contributed by atoms with van der Waals surface area (Å²) >= 11 is 0. The molecule has 0 aliphatic carbocycles. The molecule has 2 heterocycles. The molecule has 0 saturated carbocycles. The molecule has 0 unspecified atom stereocenters. The molecule has 8 heteroatoms. The summed E-state index contributed by atoms with van der Waals surface area (Å²) in [4.78, 5) is 4.72. The highest BCUT2D eigenvalue weighted by atomic mass is 16.5. The van der Waals surface area contributed by atoms with Gasteiger partial charge >= 0.3 is 0 Å². The first-order chi connectivity index (χ1) is 19.8. The first-order valence-corrected chi connectivity index (χ1v) is 13.8. The van der Waals surface area contributed by atoms with Crippen molar-refractivity contribution in [3.63, 3.8) is 0 Å². The summed E-state index contributed by atoms with van der Waals surface area (Å²) < 4.78 is 24.6. The minimum absolute atomic E-state index is 0.511. The van der Waals surface area contributed by atoms with Crippen LogP contribution >= 0.6 is 0 Å². The maximum atomic E-state index is 6.07. The molecule has 1 saturated heterocycles. The first kappa shape index (κ1) is 27.7. The molecular formula is C32H38N4O4. The van der Waals surface area contributed by atoms with E-state index in [1.165, 1.54) is 11.1 Å². The van der Waals surface area contributed by atoms with Gasteiger partial charge in [0.1, 0.15) is 18.1 Å². The van der Waals surface area contributed by atoms with Crippen molar-refractivity contribution < 1.29 is 18.9 Å². The Morgan fingerprint density at radius 1 is 0.825 bits per heavy atom. The lowest BCUT2D eigenvalue weighted by molar-refractivity contribution is 0.0170. The second-order valence-electron chi connectivity index (χ2n) is 9.74. The summed E-state index contributed by atoms with van der Waals surface area (Å²) in [6, 6.07) is 26.9. The topological polar surface area (TPSA) is 61.2 Å². The highest BCUT2D eigenvalue weighted by molar-refractivity contribution is 5.52. The molecule has 0 spiro atoms. The first-order valence-electron chi connectivity index (χ1n) is 13.8. The number of hydrogen-bond acceptors (Lipinski definition) is 7. The summed E-state index contributed by atoms with van der Waals surface area (Å²) in [5.74, 6) is 1.69. The molecule has 5 rings (SSSR count). The molecule has 8 nitrogen and oxygen atoms in total. The zero-order chi connectivity index (χ0) is 27.4. The van der Waals surface area contributed by atoms with Crippen LogP contribution in [0.1, 0.15) is 11.1 Å². The molecule has 0 radical (unpaired) electrons. The predicted octanol–water partition coefficient (Wildman–Crippen LogP) is 4.82. The lowest BCUT2D eigenvalue weighted by Gasteiger charge is -2.26. The van der Waals surface area contributed by atoms with Gasteiger partial charge in [0, 0.05) is 56.9 Å². The molecule has 40 heavy (non-hydrogen) atoms. The van der Waals surface area contributed by atoms with Gasteiger partial charge in [-0.3, -0.25) is 4.90 Å². The lowest BCUT2D eigenvalue weighted by atomic mass is 10.1. The Morgan fingerprint density at radius 2 is 1.62 bits per heavy atom. The maximum Gasteiger partial charge on any atom is 0.121 e. The van der Waals surface area contributed by atoms with Crippen LogP contribution < -0.4 is 14.4 Å². The van der Waals surface area contributed by atoms with Crippen molar-refractivity contribution in [2.45, 2.75) is 13.1 Å². The molecule has 210 valence electrons. The van der Waals surface area contributed by atoms with Gasteiger partial charge in [0.2, 0.25) is 0 Å². The fourth-order valence-corrected chi connectivity index (χ4v) is 4.73. The molecule has 0 atom stereocenters. The average molecular weight is 543 g/mol. The summed E-state index contributed by atoms with van der Waals surface area (Å²) in [7, 11) is 1.70. The Hall–Kier alpha value is -3.85. The number of anilines is 1. The average Bonchev–Trinajstić information content (AvgIpc) is 3.55. The van der Waals surface area contributed by atoms with E-state index in [4.69, 9.17) is 18.9 Å². The number of nitrogens with zero attached hydrogens (tertiary/aromatic N) is 4. The van der Waals surface area contributed by atoms with Crippen molar-refractivity contribution in [3.05, 3.63) is 102 Å². The molecule has 0 N–H and O–H groups in total. The molecule has 3 aromatic carbocycles. The summed E-state index contributed by atoms with van der Waals surface area (Å²) in [6.07, 6.45) is 3.74. The van der Waals surface area contributed by atoms with Gasteiger partial charge in [0.25, 0.3) is 0 Å². The van der Waals surface area contributed by atoms with E-state index in [2.05, 4.69) is 63.4 Å². The molecule has 1 aliphatic rings. The molecular weight excluding hydrogens is 504 g/mol. The predicted molar refractivity (Wildman–Crippen MR) is 156 cm³/mol. The zero-order valence-corrected chi connectivity index (χ0v) is 23.2. The molecule has 1 aliphatic heterocycles. The standard InChI is InChI=1S/C32H38N4O4/c1-37-31-7-2-5-28(23-31)26-35(25-27-9-11-29(12-10-27)36-14-4-13-33-36)30-6-3-8-32(24-30)40-22-21-39-20-17-34-15-18-38-19-16-34/h2-14,23-24H,15-22,25-26H2,1H3. The van der Waals surface area contributed by atoms with E-state index in [-0.39, 0.29) is 0 Å². The number of aromatic nitrogens is 2. The van der Waals surface area contributed by atoms with Gasteiger partial charge < -0.3 is 23.8 Å². The Balaban J connectivity index is 1.22. The summed E-state index contributed by atoms with van der Waals surface area (Å²) in [5.41, 5.74) is 4.51. The zero-order valence-electron chi connectivity index (χ0n) is 23.2. The third-order valence-electron chi connectivity index (χ3n) is 6.92. The van der Waals surface area contributed by atoms with Crippen LogP contribution in [0.3, 0.4) is 0 Å². The van der Waals surface area contributed by atoms with E-state index in [1.54, 1.807) is 13.3 Å². The van der Waals surface area contributed by atoms with E-state index in [9.17, 15) is 0 Å². The number of methoxy groups -OCH3 is 1. The third-order valence-corrected chi connectivity index (χ3v) is 6.92. The summed E-state index contributed by atoms with van der Waals surface area (Å²) in [5, 5.41) is 4.33. The molecule has 4 aromatic rings. The van der Waals surface area contributed by atoms with Crippen molar-refractivity contribution in [2.24, 2.45) is 0 Å². The minimum Gasteiger partial charge on any atom is -0.497 e. The molecule has 1 fully saturated rings. The van der Waals surface area contributed by atoms with Crippen LogP contribution in [0, 0.1) is 0 Å². The Labute approximate surface area is 236 Å². The van der Waals surface area contributed by atoms with E-state index >= 15 is 0 Å². The fraction of sp³-hybridized carbons (Fsp3) is 0.344. The van der Waals surface area contributed by atoms with Crippen molar-refractivity contribution in [1.82, 2.24) is 14.7 Å². The van der Waals surface area contributed by atoms with E-state index in [0.717, 1.165) is 68.8 Å². The van der Waals surface area contributed by atoms with Crippen LogP contribution in [0.5, 0.6) is 11.5 Å². The number of rotatable bonds is 14. The van der Waals surface area contributed by atoms with Crippen LogP contribution in [-0.2, 0) is 22.6 Å². The highest BCUT2D eigenvalue weighted by Crippen LogP contribution is 2.26. The van der Waals surface area contributed by atoms with Crippen molar-refractivity contribution >= 4 is 5.69 Å². The van der Waals surface area contributed by atoms with Crippen molar-refractivity contribution in [3.8, 4) is 17.2 Å². The second kappa shape index (κ2) is 14.5. The fourth-order valence-electron chi connectivity index (χ4n) is 4.73. The van der Waals surface area contributed by atoms with Gasteiger partial charge in [-0.05, 0) is 53.6 Å². The van der Waals surface area contributed by atoms with Crippen molar-refractivity contribution in [2.75, 3.05) is 64.7 Å². The van der Waals surface area contributed by atoms with E-state index in [1.807, 2.05) is 41.2 Å². The van der Waals surface area contributed by atoms with Crippen LogP contribution in [0.15, 0.2) is 91.3 Å². The highest BCUT2D eigenvalue weighted by Gasteiger charge is 2.12. The van der Waals surface area contributed by atoms with Crippen molar-refractivity contribution in [1.29, 1.82) is 0 Å². The number of benzene rings is 3. The smallest absolute Gasteiger partial charge is 0.121 e. The molecule has 0 bridgehead atoms. The van der Waals surface area contributed by atoms with Crippen LogP contribution in [0.25, 0.3) is 5.69 Å². The van der Waals surface area contributed by atoms with Crippen LogP contribution in [0.4, 0.5) is 5.69 Å². The van der Waals surface area contributed by atoms with Gasteiger partial charge in [-0.15, -0.1) is 0 Å². The number of hydrogen-bond donors (Lipinski definition) is 0. The third kappa shape index (κ3) is 8.08. The Kier molecular flexibility index (Phi) is 10.1. The molecule has 1 aromatic heterocycles. The van der Waals surface area contributed by atoms with Gasteiger partial charge in [0.15, 0.2) is 0 Å². The lowest BCUT2D eigenvalue weighted by Crippen LogP contribution is -2.38. The summed E-state index contributed by atoms with van der Waals surface area (Å²) in [6.45, 7) is 7.76.